The van der Waals surface area contributed by atoms with Crippen LogP contribution in [0.3, 0.4) is 0 Å². The van der Waals surface area contributed by atoms with Crippen LogP contribution in [0.1, 0.15) is 200 Å². The van der Waals surface area contributed by atoms with E-state index < -0.39 is 5.41 Å². The number of rotatable bonds is 35. The van der Waals surface area contributed by atoms with Gasteiger partial charge in [0.25, 0.3) is 0 Å². The Kier molecular flexibility index (Phi) is 32.6. The monoisotopic (exact) mass is 585 g/mol. The van der Waals surface area contributed by atoms with Crippen molar-refractivity contribution in [2.75, 3.05) is 26.4 Å². The maximum Gasteiger partial charge on any atom is 0.0697 e. The average molecular weight is 585 g/mol. The van der Waals surface area contributed by atoms with Gasteiger partial charge in [-0.05, 0) is 12.8 Å². The molecule has 0 bridgehead atoms. The van der Waals surface area contributed by atoms with Gasteiger partial charge in [0.1, 0.15) is 0 Å². The highest BCUT2D eigenvalue weighted by Gasteiger charge is 2.38. The maximum absolute atomic E-state index is 9.99. The summed E-state index contributed by atoms with van der Waals surface area (Å²) in [6.45, 7) is 4.51. The van der Waals surface area contributed by atoms with Crippen molar-refractivity contribution in [3.63, 3.8) is 0 Å². The van der Waals surface area contributed by atoms with E-state index in [1.165, 1.54) is 161 Å². The molecule has 0 aromatic heterocycles. The van der Waals surface area contributed by atoms with Crippen molar-refractivity contribution in [2.24, 2.45) is 5.41 Å². The van der Waals surface area contributed by atoms with Gasteiger partial charge in [-0.2, -0.15) is 0 Å². The van der Waals surface area contributed by atoms with E-state index in [2.05, 4.69) is 13.8 Å². The number of ether oxygens (including phenoxy) is 1. The van der Waals surface area contributed by atoms with Crippen molar-refractivity contribution >= 4 is 0 Å². The minimum absolute atomic E-state index is 0.234. The van der Waals surface area contributed by atoms with Crippen molar-refractivity contribution in [1.29, 1.82) is 0 Å². The average Bonchev–Trinajstić information content (AvgIpc) is 2.99. The lowest BCUT2D eigenvalue weighted by molar-refractivity contribution is -0.117. The van der Waals surface area contributed by atoms with Crippen LogP contribution in [0.15, 0.2) is 0 Å². The fourth-order valence-electron chi connectivity index (χ4n) is 6.07. The first-order valence-electron chi connectivity index (χ1n) is 18.6. The van der Waals surface area contributed by atoms with E-state index in [9.17, 15) is 15.3 Å². The Morgan fingerprint density at radius 1 is 0.390 bits per heavy atom. The third-order valence-electron chi connectivity index (χ3n) is 9.26. The summed E-state index contributed by atoms with van der Waals surface area (Å²) in [4.78, 5) is 0. The third-order valence-corrected chi connectivity index (χ3v) is 9.26. The zero-order valence-corrected chi connectivity index (χ0v) is 28.2. The van der Waals surface area contributed by atoms with Crippen LogP contribution in [0.25, 0.3) is 0 Å². The molecule has 0 radical (unpaired) electrons. The summed E-state index contributed by atoms with van der Waals surface area (Å²) in [6.07, 6.45) is 37.8. The number of hydrogen-bond donors (Lipinski definition) is 3. The van der Waals surface area contributed by atoms with Crippen molar-refractivity contribution in [3.05, 3.63) is 0 Å². The van der Waals surface area contributed by atoms with E-state index in [0.29, 0.717) is 6.61 Å². The molecule has 0 aliphatic carbocycles. The summed E-state index contributed by atoms with van der Waals surface area (Å²) in [6, 6.07) is 0. The quantitative estimate of drug-likeness (QED) is 0.0648. The second-order valence-electron chi connectivity index (χ2n) is 13.2. The fourth-order valence-corrected chi connectivity index (χ4v) is 6.07. The Hall–Kier alpha value is -0.160. The molecular weight excluding hydrogens is 508 g/mol. The lowest BCUT2D eigenvalue weighted by atomic mass is 9.81. The normalized spacial score (nSPS) is 12.8. The molecule has 0 aromatic carbocycles. The first-order chi connectivity index (χ1) is 20.2. The van der Waals surface area contributed by atoms with Gasteiger partial charge in [-0.25, -0.2) is 0 Å². The third kappa shape index (κ3) is 24.9. The molecule has 0 saturated carbocycles. The number of hydrogen-bond acceptors (Lipinski definition) is 4. The molecule has 0 rings (SSSR count). The van der Waals surface area contributed by atoms with Crippen LogP contribution in [0.5, 0.6) is 0 Å². The molecule has 0 heterocycles. The molecule has 4 heteroatoms. The predicted molar refractivity (Wildman–Crippen MR) is 179 cm³/mol. The highest BCUT2D eigenvalue weighted by Crippen LogP contribution is 2.28. The smallest absolute Gasteiger partial charge is 0.0697 e. The lowest BCUT2D eigenvalue weighted by Gasteiger charge is -2.36. The second-order valence-corrected chi connectivity index (χ2v) is 13.2. The van der Waals surface area contributed by atoms with Crippen LogP contribution in [-0.2, 0) is 4.74 Å². The van der Waals surface area contributed by atoms with Crippen molar-refractivity contribution in [1.82, 2.24) is 0 Å². The van der Waals surface area contributed by atoms with Gasteiger partial charge in [-0.15, -0.1) is 0 Å². The first kappa shape index (κ1) is 40.8. The molecule has 3 N–H and O–H groups in total. The molecule has 41 heavy (non-hydrogen) atoms. The molecule has 1 unspecified atom stereocenters. The molecule has 0 aliphatic heterocycles. The Labute approximate surface area is 257 Å². The van der Waals surface area contributed by atoms with Crippen LogP contribution >= 0.6 is 0 Å². The summed E-state index contributed by atoms with van der Waals surface area (Å²) in [5.74, 6) is 0. The summed E-state index contributed by atoms with van der Waals surface area (Å²) in [5, 5.41) is 30.0. The van der Waals surface area contributed by atoms with Crippen LogP contribution < -0.4 is 0 Å². The lowest BCUT2D eigenvalue weighted by Crippen LogP contribution is -2.46. The van der Waals surface area contributed by atoms with Crippen molar-refractivity contribution in [3.8, 4) is 0 Å². The van der Waals surface area contributed by atoms with Crippen LogP contribution in [0.4, 0.5) is 0 Å². The van der Waals surface area contributed by atoms with E-state index in [0.717, 1.165) is 25.7 Å². The van der Waals surface area contributed by atoms with Gasteiger partial charge in [0, 0.05) is 6.61 Å². The highest BCUT2D eigenvalue weighted by atomic mass is 16.5. The van der Waals surface area contributed by atoms with Gasteiger partial charge in [-0.1, -0.05) is 187 Å². The molecule has 1 atom stereocenters. The highest BCUT2D eigenvalue weighted by molar-refractivity contribution is 4.86. The molecule has 4 nitrogen and oxygen atoms in total. The van der Waals surface area contributed by atoms with Gasteiger partial charge in [0.05, 0.1) is 31.3 Å². The van der Waals surface area contributed by atoms with Crippen molar-refractivity contribution in [2.45, 2.75) is 206 Å². The molecule has 248 valence electrons. The zero-order chi connectivity index (χ0) is 30.1. The van der Waals surface area contributed by atoms with E-state index in [-0.39, 0.29) is 25.9 Å². The summed E-state index contributed by atoms with van der Waals surface area (Å²) >= 11 is 0. The first-order valence-corrected chi connectivity index (χ1v) is 18.6. The number of unbranched alkanes of at least 4 members (excludes halogenated alkanes) is 26. The Morgan fingerprint density at radius 2 is 0.659 bits per heavy atom. The Morgan fingerprint density at radius 3 is 0.951 bits per heavy atom. The number of aliphatic hydroxyl groups is 3. The Balaban J connectivity index is 3.87. The van der Waals surface area contributed by atoms with Gasteiger partial charge in [-0.3, -0.25) is 0 Å². The standard InChI is InChI=1S/C37H76O4/c1-3-5-7-9-11-13-15-17-19-21-23-25-27-29-31-36(37(33-38,34-39)35-40)41-32-30-28-26-24-22-20-18-16-14-12-10-8-6-4-2/h36,38-40H,3-35H2,1-2H3. The van der Waals surface area contributed by atoms with Crippen LogP contribution in [0.2, 0.25) is 0 Å². The molecule has 0 aliphatic rings. The minimum Gasteiger partial charge on any atom is -0.396 e. The van der Waals surface area contributed by atoms with E-state index in [4.69, 9.17) is 4.74 Å². The summed E-state index contributed by atoms with van der Waals surface area (Å²) < 4.78 is 6.22. The van der Waals surface area contributed by atoms with Gasteiger partial charge >= 0.3 is 0 Å². The minimum atomic E-state index is -0.938. The summed E-state index contributed by atoms with van der Waals surface area (Å²) in [5.41, 5.74) is -0.938. The van der Waals surface area contributed by atoms with Gasteiger partial charge < -0.3 is 20.1 Å². The van der Waals surface area contributed by atoms with Crippen molar-refractivity contribution < 1.29 is 20.1 Å². The molecule has 0 amide bonds. The molecule has 0 fully saturated rings. The molecule has 0 saturated heterocycles. The SMILES string of the molecule is CCCCCCCCCCCCCCCCOC(CCCCCCCCCCCCCCCC)C(CO)(CO)CO. The number of aliphatic hydroxyl groups excluding tert-OH is 3. The van der Waals surface area contributed by atoms with Crippen LogP contribution in [0, 0.1) is 5.41 Å². The van der Waals surface area contributed by atoms with E-state index >= 15 is 0 Å². The topological polar surface area (TPSA) is 69.9 Å². The predicted octanol–water partition coefficient (Wildman–Crippen LogP) is 10.7. The van der Waals surface area contributed by atoms with E-state index in [1.807, 2.05) is 0 Å². The molecular formula is C37H76O4. The van der Waals surface area contributed by atoms with Crippen LogP contribution in [-0.4, -0.2) is 47.9 Å². The van der Waals surface area contributed by atoms with Gasteiger partial charge in [0.15, 0.2) is 0 Å². The Bertz CT molecular complexity index is 471. The maximum atomic E-state index is 9.99. The molecule has 0 aromatic rings. The molecule has 0 spiro atoms. The van der Waals surface area contributed by atoms with E-state index in [1.54, 1.807) is 0 Å². The summed E-state index contributed by atoms with van der Waals surface area (Å²) in [7, 11) is 0. The fraction of sp³-hybridized carbons (Fsp3) is 1.00. The van der Waals surface area contributed by atoms with Gasteiger partial charge in [0.2, 0.25) is 0 Å². The zero-order valence-electron chi connectivity index (χ0n) is 28.2. The second kappa shape index (κ2) is 32.7. The largest absolute Gasteiger partial charge is 0.396 e.